The molecule has 8 nitrogen and oxygen atoms in total. The van der Waals surface area contributed by atoms with Gasteiger partial charge in [0.1, 0.15) is 0 Å². The molecule has 0 atom stereocenters. The van der Waals surface area contributed by atoms with E-state index in [9.17, 15) is 4.79 Å². The van der Waals surface area contributed by atoms with Crippen LogP contribution >= 0.6 is 16.8 Å². The summed E-state index contributed by atoms with van der Waals surface area (Å²) in [4.78, 5) is 12.7. The van der Waals surface area contributed by atoms with E-state index in [1.54, 1.807) is 0 Å². The van der Waals surface area contributed by atoms with Crippen LogP contribution in [0.1, 0.15) is 46.1 Å². The Kier molecular flexibility index (Phi) is 16.3. The Balaban J connectivity index is 2.55. The average Bonchev–Trinajstić information content (AvgIpc) is 2.76. The van der Waals surface area contributed by atoms with Crippen molar-refractivity contribution >= 4 is 22.7 Å². The third-order valence-corrected chi connectivity index (χ3v) is 8.25. The molecule has 1 rings (SSSR count). The zero-order chi connectivity index (χ0) is 22.9. The maximum atomic E-state index is 12.7. The first-order chi connectivity index (χ1) is 15.0. The van der Waals surface area contributed by atoms with Crippen molar-refractivity contribution in [3.63, 3.8) is 0 Å². The summed E-state index contributed by atoms with van der Waals surface area (Å²) in [7, 11) is -0.726. The second-order valence-corrected chi connectivity index (χ2v) is 10.1. The summed E-state index contributed by atoms with van der Waals surface area (Å²) in [6, 6.07) is 10.2. The Morgan fingerprint density at radius 2 is 1.45 bits per heavy atom. The van der Waals surface area contributed by atoms with Crippen molar-refractivity contribution in [2.24, 2.45) is 0 Å². The lowest BCUT2D eigenvalue weighted by atomic mass is 10.2. The molecule has 0 aliphatic carbocycles. The fourth-order valence-corrected chi connectivity index (χ4v) is 6.29. The second-order valence-electron chi connectivity index (χ2n) is 6.53. The number of nitrogens with one attached hydrogen (secondary N) is 2. The van der Waals surface area contributed by atoms with Crippen LogP contribution in [0, 0.1) is 0 Å². The Morgan fingerprint density at radius 1 is 0.935 bits per heavy atom. The Hall–Kier alpha value is -0.690. The molecule has 0 radical (unpaired) electrons. The molecule has 178 valence electrons. The molecule has 1 amide bonds. The molecule has 0 saturated heterocycles. The van der Waals surface area contributed by atoms with Gasteiger partial charge in [0, 0.05) is 26.6 Å². The van der Waals surface area contributed by atoms with Crippen molar-refractivity contribution in [2.75, 3.05) is 40.0 Å². The predicted molar refractivity (Wildman–Crippen MR) is 127 cm³/mol. The maximum Gasteiger partial charge on any atom is 0.221 e. The standard InChI is InChI=1S/C21H39N3O5P2/c1-6-26-30(27-7-2)21(31(28-8-3)29-9-4)23-20(25)16-13-17-24(5)22-18-19-14-11-10-12-15-19/h10-12,14-15,21-22H,6-9,13,16-18H2,1-5H3,(H,23,25). The minimum absolute atomic E-state index is 0.0553. The number of rotatable bonds is 18. The van der Waals surface area contributed by atoms with E-state index in [0.717, 1.165) is 19.5 Å². The quantitative estimate of drug-likeness (QED) is 0.238. The number of amides is 1. The van der Waals surface area contributed by atoms with Crippen LogP contribution in [-0.4, -0.2) is 56.5 Å². The van der Waals surface area contributed by atoms with Crippen molar-refractivity contribution < 1.29 is 22.9 Å². The molecule has 0 spiro atoms. The molecule has 0 aliphatic heterocycles. The fourth-order valence-electron chi connectivity index (χ4n) is 2.64. The van der Waals surface area contributed by atoms with Gasteiger partial charge in [0.05, 0.1) is 26.4 Å². The SMILES string of the molecule is CCOP(OCC)C(NC(=O)CCCN(C)NCc1ccccc1)P(OCC)OCC. The number of hydrogen-bond acceptors (Lipinski definition) is 7. The van der Waals surface area contributed by atoms with Crippen LogP contribution in [0.4, 0.5) is 0 Å². The van der Waals surface area contributed by atoms with Crippen LogP contribution in [0.25, 0.3) is 0 Å². The Morgan fingerprint density at radius 3 is 1.94 bits per heavy atom. The van der Waals surface area contributed by atoms with Crippen LogP contribution in [0.3, 0.4) is 0 Å². The van der Waals surface area contributed by atoms with Gasteiger partial charge in [-0.05, 0) is 39.7 Å². The summed E-state index contributed by atoms with van der Waals surface area (Å²) < 4.78 is 23.2. The number of nitrogens with zero attached hydrogens (tertiary/aromatic N) is 1. The molecular formula is C21H39N3O5P2. The van der Waals surface area contributed by atoms with Crippen LogP contribution in [0.5, 0.6) is 0 Å². The van der Waals surface area contributed by atoms with Gasteiger partial charge in [0.25, 0.3) is 0 Å². The summed E-state index contributed by atoms with van der Waals surface area (Å²) in [5.41, 5.74) is 4.14. The van der Waals surface area contributed by atoms with Gasteiger partial charge in [-0.2, -0.15) is 0 Å². The van der Waals surface area contributed by atoms with E-state index in [1.807, 2.05) is 58.0 Å². The van der Waals surface area contributed by atoms with Crippen LogP contribution in [0.15, 0.2) is 30.3 Å². The molecule has 0 bridgehead atoms. The van der Waals surface area contributed by atoms with Gasteiger partial charge in [-0.1, -0.05) is 30.3 Å². The molecule has 31 heavy (non-hydrogen) atoms. The summed E-state index contributed by atoms with van der Waals surface area (Å²) in [5.74, 6) is -0.0553. The predicted octanol–water partition coefficient (Wildman–Crippen LogP) is 4.57. The molecule has 0 saturated carbocycles. The third-order valence-electron chi connectivity index (χ3n) is 4.01. The monoisotopic (exact) mass is 475 g/mol. The van der Waals surface area contributed by atoms with Gasteiger partial charge in [-0.15, -0.1) is 0 Å². The van der Waals surface area contributed by atoms with E-state index in [2.05, 4.69) is 22.9 Å². The van der Waals surface area contributed by atoms with Crippen molar-refractivity contribution in [3.05, 3.63) is 35.9 Å². The molecule has 0 heterocycles. The van der Waals surface area contributed by atoms with Gasteiger partial charge in [0.2, 0.25) is 22.7 Å². The molecule has 0 fully saturated rings. The van der Waals surface area contributed by atoms with Crippen molar-refractivity contribution in [1.82, 2.24) is 15.8 Å². The smallest absolute Gasteiger partial charge is 0.221 e. The van der Waals surface area contributed by atoms with E-state index < -0.39 is 22.3 Å². The van der Waals surface area contributed by atoms with Gasteiger partial charge in [-0.3, -0.25) is 10.2 Å². The largest absolute Gasteiger partial charge is 0.337 e. The van der Waals surface area contributed by atoms with Gasteiger partial charge < -0.3 is 23.4 Å². The highest BCUT2D eigenvalue weighted by Gasteiger charge is 2.35. The lowest BCUT2D eigenvalue weighted by Crippen LogP contribution is -2.37. The van der Waals surface area contributed by atoms with Gasteiger partial charge >= 0.3 is 0 Å². The van der Waals surface area contributed by atoms with Crippen LogP contribution in [-0.2, 0) is 29.4 Å². The maximum absolute atomic E-state index is 12.7. The molecule has 1 aromatic carbocycles. The molecule has 10 heteroatoms. The third kappa shape index (κ3) is 12.2. The number of carbonyl (C=O) groups is 1. The van der Waals surface area contributed by atoms with Crippen LogP contribution in [0.2, 0.25) is 0 Å². The second kappa shape index (κ2) is 17.8. The van der Waals surface area contributed by atoms with Crippen molar-refractivity contribution in [3.8, 4) is 0 Å². The summed E-state index contributed by atoms with van der Waals surface area (Å²) >= 11 is 0. The number of carbonyl (C=O) groups excluding carboxylic acids is 1. The molecule has 1 aromatic rings. The lowest BCUT2D eigenvalue weighted by molar-refractivity contribution is -0.121. The zero-order valence-electron chi connectivity index (χ0n) is 19.5. The van der Waals surface area contributed by atoms with E-state index in [4.69, 9.17) is 18.1 Å². The van der Waals surface area contributed by atoms with Crippen molar-refractivity contribution in [1.29, 1.82) is 0 Å². The van der Waals surface area contributed by atoms with Gasteiger partial charge in [0.15, 0.2) is 5.52 Å². The summed E-state index contributed by atoms with van der Waals surface area (Å²) in [6.07, 6.45) is 1.12. The first kappa shape index (κ1) is 28.3. The number of benzene rings is 1. The minimum atomic E-state index is -1.35. The topological polar surface area (TPSA) is 81.3 Å². The molecule has 0 unspecified atom stereocenters. The highest BCUT2D eigenvalue weighted by molar-refractivity contribution is 7.66. The fraction of sp³-hybridized carbons (Fsp3) is 0.667. The number of hydrogen-bond donors (Lipinski definition) is 2. The van der Waals surface area contributed by atoms with Crippen molar-refractivity contribution in [2.45, 2.75) is 52.6 Å². The minimum Gasteiger partial charge on any atom is -0.337 e. The highest BCUT2D eigenvalue weighted by atomic mass is 31.2. The van der Waals surface area contributed by atoms with E-state index >= 15 is 0 Å². The summed E-state index contributed by atoms with van der Waals surface area (Å²) in [6.45, 7) is 11.1. The molecule has 0 aromatic heterocycles. The van der Waals surface area contributed by atoms with Crippen LogP contribution < -0.4 is 10.7 Å². The molecule has 0 aliphatic rings. The molecular weight excluding hydrogens is 436 g/mol. The van der Waals surface area contributed by atoms with Gasteiger partial charge in [-0.25, -0.2) is 5.01 Å². The lowest BCUT2D eigenvalue weighted by Gasteiger charge is -2.31. The number of hydrazine groups is 1. The molecule has 2 N–H and O–H groups in total. The Bertz CT molecular complexity index is 557. The first-order valence-electron chi connectivity index (χ1n) is 10.9. The zero-order valence-corrected chi connectivity index (χ0v) is 21.3. The van der Waals surface area contributed by atoms with E-state index in [-0.39, 0.29) is 5.91 Å². The first-order valence-corrected chi connectivity index (χ1v) is 13.4. The summed E-state index contributed by atoms with van der Waals surface area (Å²) in [5, 5.41) is 5.08. The van der Waals surface area contributed by atoms with E-state index in [0.29, 0.717) is 32.8 Å². The normalized spacial score (nSPS) is 11.8. The average molecular weight is 476 g/mol. The highest BCUT2D eigenvalue weighted by Crippen LogP contribution is 2.59. The van der Waals surface area contributed by atoms with E-state index in [1.165, 1.54) is 5.56 Å². The Labute approximate surface area is 190 Å².